The average molecular weight is 708 g/mol. The molecular formula is C53H41NO. The second kappa shape index (κ2) is 14.0. The van der Waals surface area contributed by atoms with Crippen LogP contribution in [0.25, 0.3) is 72.1 Å². The lowest BCUT2D eigenvalue weighted by atomic mass is 9.79. The molecule has 55 heavy (non-hydrogen) atoms. The summed E-state index contributed by atoms with van der Waals surface area (Å²) in [6.07, 6.45) is 14.2. The molecule has 2 heterocycles. The fourth-order valence-electron chi connectivity index (χ4n) is 8.87. The lowest BCUT2D eigenvalue weighted by Gasteiger charge is -2.25. The Balaban J connectivity index is 0.993. The molecule has 2 atom stereocenters. The van der Waals surface area contributed by atoms with Gasteiger partial charge >= 0.3 is 0 Å². The molecule has 0 saturated carbocycles. The highest BCUT2D eigenvalue weighted by Crippen LogP contribution is 2.45. The molecule has 0 bridgehead atoms. The van der Waals surface area contributed by atoms with E-state index in [1.165, 1.54) is 66.8 Å². The molecule has 0 aliphatic heterocycles. The van der Waals surface area contributed by atoms with Gasteiger partial charge in [0.1, 0.15) is 5.58 Å². The molecule has 0 radical (unpaired) electrons. The summed E-state index contributed by atoms with van der Waals surface area (Å²) in [6, 6.07) is 55.6. The highest BCUT2D eigenvalue weighted by molar-refractivity contribution is 6.05. The van der Waals surface area contributed by atoms with Crippen LogP contribution in [0.15, 0.2) is 192 Å². The number of aryl methyl sites for hydroxylation is 1. The monoisotopic (exact) mass is 707 g/mol. The van der Waals surface area contributed by atoms with Crippen molar-refractivity contribution in [3.05, 3.63) is 204 Å². The molecule has 264 valence electrons. The van der Waals surface area contributed by atoms with Gasteiger partial charge in [0.15, 0.2) is 0 Å². The van der Waals surface area contributed by atoms with E-state index in [1.807, 2.05) is 6.07 Å². The van der Waals surface area contributed by atoms with Crippen LogP contribution >= 0.6 is 0 Å². The second-order valence-corrected chi connectivity index (χ2v) is 15.1. The van der Waals surface area contributed by atoms with Gasteiger partial charge in [-0.25, -0.2) is 4.98 Å². The molecule has 8 aromatic rings. The minimum atomic E-state index is 0.381. The van der Waals surface area contributed by atoms with Crippen molar-refractivity contribution in [3.8, 4) is 44.5 Å². The van der Waals surface area contributed by atoms with Gasteiger partial charge in [-0.1, -0.05) is 134 Å². The van der Waals surface area contributed by atoms with E-state index >= 15 is 0 Å². The van der Waals surface area contributed by atoms with Gasteiger partial charge in [0.25, 0.3) is 0 Å². The van der Waals surface area contributed by atoms with Crippen LogP contribution < -0.4 is 0 Å². The number of fused-ring (bicyclic) bond motifs is 5. The third-order valence-electron chi connectivity index (χ3n) is 11.7. The van der Waals surface area contributed by atoms with Crippen LogP contribution in [0.4, 0.5) is 0 Å². The summed E-state index contributed by atoms with van der Waals surface area (Å²) in [5, 5.41) is 2.13. The van der Waals surface area contributed by atoms with Crippen LogP contribution in [0.3, 0.4) is 0 Å². The minimum absolute atomic E-state index is 0.381. The fourth-order valence-corrected chi connectivity index (χ4v) is 8.87. The van der Waals surface area contributed by atoms with Crippen molar-refractivity contribution >= 4 is 27.6 Å². The van der Waals surface area contributed by atoms with Crippen molar-refractivity contribution in [2.45, 2.75) is 32.1 Å². The van der Waals surface area contributed by atoms with Gasteiger partial charge in [-0.05, 0) is 146 Å². The van der Waals surface area contributed by atoms with Crippen LogP contribution in [0, 0.1) is 5.92 Å². The average Bonchev–Trinajstić information content (AvgIpc) is 3.53. The summed E-state index contributed by atoms with van der Waals surface area (Å²) in [6.45, 7) is 2.41. The largest absolute Gasteiger partial charge is 0.438 e. The molecule has 0 spiro atoms. The molecule has 0 fully saturated rings. The topological polar surface area (TPSA) is 26.0 Å². The first kappa shape index (κ1) is 33.1. The lowest BCUT2D eigenvalue weighted by Crippen LogP contribution is -2.08. The standard InChI is InChI=1S/C53H41NO/c1-35-12-4-2-7-21-47-46(36-13-5-3-6-14-36)27-25-37-23-24-44(33-49(37)52(35)47)42-19-9-17-40(31-42)38-15-8-16-39(30-38)41-18-10-20-43(32-41)45-26-28-51-50(34-45)48-22-11-29-54-53(48)55-51/h2-11,13-24,26,28-35,46H,12,25,27H2,1H3/b4-2+,21-7-/t35-,46?/m1/s1. The third kappa shape index (κ3) is 6.24. The van der Waals surface area contributed by atoms with Gasteiger partial charge in [0, 0.05) is 22.9 Å². The number of hydrogen-bond acceptors (Lipinski definition) is 2. The van der Waals surface area contributed by atoms with Crippen LogP contribution in [-0.4, -0.2) is 4.98 Å². The highest BCUT2D eigenvalue weighted by Gasteiger charge is 2.28. The third-order valence-corrected chi connectivity index (χ3v) is 11.7. The Morgan fingerprint density at radius 2 is 1.20 bits per heavy atom. The number of furan rings is 1. The zero-order valence-corrected chi connectivity index (χ0v) is 31.0. The van der Waals surface area contributed by atoms with Crippen LogP contribution in [0.1, 0.15) is 42.4 Å². The highest BCUT2D eigenvalue weighted by atomic mass is 16.3. The van der Waals surface area contributed by atoms with Crippen molar-refractivity contribution < 1.29 is 4.42 Å². The first-order valence-electron chi connectivity index (χ1n) is 19.5. The lowest BCUT2D eigenvalue weighted by molar-refractivity contribution is 0.654. The Kier molecular flexibility index (Phi) is 8.45. The molecule has 2 nitrogen and oxygen atoms in total. The number of hydrogen-bond donors (Lipinski definition) is 0. The van der Waals surface area contributed by atoms with E-state index in [2.05, 4.69) is 182 Å². The molecular weight excluding hydrogens is 667 g/mol. The smallest absolute Gasteiger partial charge is 0.227 e. The SMILES string of the molecule is C[C@@H]1C/C=C/C=C\C2=C1c1cc(-c3cccc(-c4cccc(-c5cccc(-c6ccc7oc8ncccc8c7c6)c5)c4)c3)ccc1CCC2c1ccccc1. The van der Waals surface area contributed by atoms with E-state index < -0.39 is 0 Å². The number of rotatable bonds is 5. The first-order valence-corrected chi connectivity index (χ1v) is 19.5. The second-order valence-electron chi connectivity index (χ2n) is 15.1. The van der Waals surface area contributed by atoms with Crippen molar-refractivity contribution in [2.75, 3.05) is 0 Å². The molecule has 1 unspecified atom stereocenters. The summed E-state index contributed by atoms with van der Waals surface area (Å²) >= 11 is 0. The molecule has 2 aliphatic rings. The van der Waals surface area contributed by atoms with Crippen molar-refractivity contribution in [2.24, 2.45) is 5.92 Å². The Hall–Kier alpha value is -6.51. The molecule has 2 heteroatoms. The Bertz CT molecular complexity index is 2810. The van der Waals surface area contributed by atoms with E-state index in [-0.39, 0.29) is 0 Å². The number of aromatic nitrogens is 1. The van der Waals surface area contributed by atoms with Gasteiger partial charge < -0.3 is 4.42 Å². The van der Waals surface area contributed by atoms with E-state index in [9.17, 15) is 0 Å². The summed E-state index contributed by atoms with van der Waals surface area (Å²) in [5.41, 5.74) is 18.4. The predicted octanol–water partition coefficient (Wildman–Crippen LogP) is 14.3. The van der Waals surface area contributed by atoms with Gasteiger partial charge in [0.2, 0.25) is 5.71 Å². The quantitative estimate of drug-likeness (QED) is 0.178. The van der Waals surface area contributed by atoms with Gasteiger partial charge in [0.05, 0.1) is 0 Å². The summed E-state index contributed by atoms with van der Waals surface area (Å²) in [5.74, 6) is 0.805. The number of pyridine rings is 1. The fraction of sp³-hybridized carbons (Fsp3) is 0.113. The molecule has 0 saturated heterocycles. The van der Waals surface area contributed by atoms with E-state index in [0.29, 0.717) is 17.5 Å². The molecule has 2 aromatic heterocycles. The number of nitrogens with zero attached hydrogens (tertiary/aromatic N) is 1. The summed E-state index contributed by atoms with van der Waals surface area (Å²) in [7, 11) is 0. The van der Waals surface area contributed by atoms with Gasteiger partial charge in [-0.15, -0.1) is 0 Å². The van der Waals surface area contributed by atoms with Gasteiger partial charge in [-0.2, -0.15) is 0 Å². The molecule has 10 rings (SSSR count). The van der Waals surface area contributed by atoms with Crippen LogP contribution in [-0.2, 0) is 6.42 Å². The van der Waals surface area contributed by atoms with E-state index in [0.717, 1.165) is 41.2 Å². The molecule has 6 aromatic carbocycles. The first-order chi connectivity index (χ1) is 27.2. The molecule has 0 N–H and O–H groups in total. The maximum Gasteiger partial charge on any atom is 0.227 e. The minimum Gasteiger partial charge on any atom is -0.438 e. The maximum absolute atomic E-state index is 5.99. The zero-order chi connectivity index (χ0) is 36.7. The normalized spacial score (nSPS) is 17.9. The predicted molar refractivity (Wildman–Crippen MR) is 230 cm³/mol. The summed E-state index contributed by atoms with van der Waals surface area (Å²) < 4.78 is 5.99. The maximum atomic E-state index is 5.99. The van der Waals surface area contributed by atoms with E-state index in [1.54, 1.807) is 6.20 Å². The van der Waals surface area contributed by atoms with Crippen LogP contribution in [0.5, 0.6) is 0 Å². The van der Waals surface area contributed by atoms with Crippen LogP contribution in [0.2, 0.25) is 0 Å². The number of benzene rings is 6. The van der Waals surface area contributed by atoms with Gasteiger partial charge in [-0.3, -0.25) is 0 Å². The Morgan fingerprint density at radius 1 is 0.564 bits per heavy atom. The van der Waals surface area contributed by atoms with Crippen molar-refractivity contribution in [1.29, 1.82) is 0 Å². The molecule has 2 aliphatic carbocycles. The zero-order valence-electron chi connectivity index (χ0n) is 31.0. The Labute approximate surface area is 322 Å². The Morgan fingerprint density at radius 3 is 1.89 bits per heavy atom. The van der Waals surface area contributed by atoms with Crippen molar-refractivity contribution in [3.63, 3.8) is 0 Å². The van der Waals surface area contributed by atoms with Crippen molar-refractivity contribution in [1.82, 2.24) is 4.98 Å². The molecule has 0 amide bonds. The van der Waals surface area contributed by atoms with E-state index in [4.69, 9.17) is 4.42 Å². The summed E-state index contributed by atoms with van der Waals surface area (Å²) in [4.78, 5) is 4.41. The number of allylic oxidation sites excluding steroid dienone is 6.